The van der Waals surface area contributed by atoms with Gasteiger partial charge in [-0.3, -0.25) is 0 Å². The Morgan fingerprint density at radius 2 is 2.40 bits per heavy atom. The summed E-state index contributed by atoms with van der Waals surface area (Å²) in [5.41, 5.74) is -0.175. The molecule has 0 saturated carbocycles. The van der Waals surface area contributed by atoms with Crippen LogP contribution in [-0.2, 0) is 4.74 Å². The summed E-state index contributed by atoms with van der Waals surface area (Å²) in [6.07, 6.45) is -0.193. The summed E-state index contributed by atoms with van der Waals surface area (Å²) in [4.78, 5) is 12.5. The van der Waals surface area contributed by atoms with Gasteiger partial charge in [0.25, 0.3) is 0 Å². The Balaban J connectivity index is 2.10. The van der Waals surface area contributed by atoms with E-state index in [4.69, 9.17) is 4.74 Å². The SMILES string of the molecule is CN1CC2(CNC2)OC1=O. The molecule has 0 aliphatic carbocycles. The van der Waals surface area contributed by atoms with Gasteiger partial charge in [-0.15, -0.1) is 0 Å². The van der Waals surface area contributed by atoms with E-state index in [1.165, 1.54) is 0 Å². The number of likely N-dealkylation sites (N-methyl/N-ethyl adjacent to an activating group) is 1. The van der Waals surface area contributed by atoms with E-state index in [9.17, 15) is 4.79 Å². The first kappa shape index (κ1) is 5.97. The number of ether oxygens (including phenoxy) is 1. The summed E-state index contributed by atoms with van der Waals surface area (Å²) >= 11 is 0. The predicted octanol–water partition coefficient (Wildman–Crippen LogP) is -0.590. The molecule has 56 valence electrons. The quantitative estimate of drug-likeness (QED) is 0.491. The average Bonchev–Trinajstić information content (AvgIpc) is 2.08. The van der Waals surface area contributed by atoms with Crippen LogP contribution < -0.4 is 5.32 Å². The van der Waals surface area contributed by atoms with Crippen molar-refractivity contribution in [2.75, 3.05) is 26.7 Å². The molecule has 2 aliphatic rings. The van der Waals surface area contributed by atoms with Gasteiger partial charge in [0.05, 0.1) is 6.54 Å². The Bertz CT molecular complexity index is 177. The molecule has 2 heterocycles. The fraction of sp³-hybridized carbons (Fsp3) is 0.833. The van der Waals surface area contributed by atoms with E-state index < -0.39 is 0 Å². The number of rotatable bonds is 0. The first-order chi connectivity index (χ1) is 4.72. The molecule has 2 saturated heterocycles. The summed E-state index contributed by atoms with van der Waals surface area (Å²) in [6.45, 7) is 2.35. The largest absolute Gasteiger partial charge is 0.438 e. The molecule has 1 N–H and O–H groups in total. The molecular weight excluding hydrogens is 132 g/mol. The highest BCUT2D eigenvalue weighted by Crippen LogP contribution is 2.24. The molecular formula is C6H10N2O2. The van der Waals surface area contributed by atoms with Crippen LogP contribution in [0, 0.1) is 0 Å². The van der Waals surface area contributed by atoms with Crippen molar-refractivity contribution in [3.8, 4) is 0 Å². The van der Waals surface area contributed by atoms with Gasteiger partial charge >= 0.3 is 6.09 Å². The van der Waals surface area contributed by atoms with Crippen molar-refractivity contribution in [2.45, 2.75) is 5.60 Å². The number of nitrogens with zero attached hydrogens (tertiary/aromatic N) is 1. The van der Waals surface area contributed by atoms with Gasteiger partial charge in [-0.25, -0.2) is 4.79 Å². The van der Waals surface area contributed by atoms with Gasteiger partial charge in [-0.2, -0.15) is 0 Å². The van der Waals surface area contributed by atoms with Crippen molar-refractivity contribution < 1.29 is 9.53 Å². The highest BCUT2D eigenvalue weighted by atomic mass is 16.6. The summed E-state index contributed by atoms with van der Waals surface area (Å²) in [5, 5.41) is 3.08. The van der Waals surface area contributed by atoms with E-state index in [0.717, 1.165) is 19.6 Å². The zero-order valence-corrected chi connectivity index (χ0v) is 5.89. The van der Waals surface area contributed by atoms with E-state index in [1.54, 1.807) is 11.9 Å². The van der Waals surface area contributed by atoms with E-state index in [-0.39, 0.29) is 11.7 Å². The van der Waals surface area contributed by atoms with Crippen LogP contribution in [0.2, 0.25) is 0 Å². The van der Waals surface area contributed by atoms with Crippen LogP contribution in [0.1, 0.15) is 0 Å². The molecule has 2 aliphatic heterocycles. The molecule has 2 fully saturated rings. The first-order valence-corrected chi connectivity index (χ1v) is 3.37. The van der Waals surface area contributed by atoms with E-state index in [2.05, 4.69) is 5.32 Å². The smallest absolute Gasteiger partial charge is 0.410 e. The van der Waals surface area contributed by atoms with Crippen molar-refractivity contribution in [3.05, 3.63) is 0 Å². The van der Waals surface area contributed by atoms with Gasteiger partial charge in [-0.1, -0.05) is 0 Å². The fourth-order valence-electron chi connectivity index (χ4n) is 1.38. The summed E-state index contributed by atoms with van der Waals surface area (Å²) in [7, 11) is 1.76. The van der Waals surface area contributed by atoms with Crippen LogP contribution in [0.25, 0.3) is 0 Å². The summed E-state index contributed by atoms with van der Waals surface area (Å²) in [6, 6.07) is 0. The lowest BCUT2D eigenvalue weighted by Crippen LogP contribution is -2.61. The Kier molecular flexibility index (Phi) is 0.976. The summed E-state index contributed by atoms with van der Waals surface area (Å²) < 4.78 is 5.12. The molecule has 2 rings (SSSR count). The monoisotopic (exact) mass is 142 g/mol. The summed E-state index contributed by atoms with van der Waals surface area (Å²) in [5.74, 6) is 0. The van der Waals surface area contributed by atoms with Gasteiger partial charge in [0.1, 0.15) is 0 Å². The van der Waals surface area contributed by atoms with Crippen LogP contribution >= 0.6 is 0 Å². The molecule has 0 aromatic heterocycles. The van der Waals surface area contributed by atoms with Gasteiger partial charge in [0.2, 0.25) is 0 Å². The highest BCUT2D eigenvalue weighted by molar-refractivity contribution is 5.70. The molecule has 0 aromatic rings. The van der Waals surface area contributed by atoms with Crippen molar-refractivity contribution in [3.63, 3.8) is 0 Å². The maximum Gasteiger partial charge on any atom is 0.410 e. The van der Waals surface area contributed by atoms with Gasteiger partial charge in [0, 0.05) is 20.1 Å². The lowest BCUT2D eigenvalue weighted by Gasteiger charge is -2.35. The molecule has 1 spiro atoms. The zero-order chi connectivity index (χ0) is 7.19. The third kappa shape index (κ3) is 0.623. The third-order valence-electron chi connectivity index (χ3n) is 2.04. The number of carbonyl (C=O) groups is 1. The van der Waals surface area contributed by atoms with E-state index in [1.807, 2.05) is 0 Å². The Hall–Kier alpha value is -0.770. The third-order valence-corrected chi connectivity index (χ3v) is 2.04. The minimum absolute atomic E-state index is 0.175. The van der Waals surface area contributed by atoms with Crippen LogP contribution in [0.4, 0.5) is 4.79 Å². The Morgan fingerprint density at radius 3 is 2.60 bits per heavy atom. The molecule has 0 bridgehead atoms. The number of nitrogens with one attached hydrogen (secondary N) is 1. The van der Waals surface area contributed by atoms with Crippen LogP contribution in [0.5, 0.6) is 0 Å². The molecule has 10 heavy (non-hydrogen) atoms. The molecule has 0 aromatic carbocycles. The van der Waals surface area contributed by atoms with Gasteiger partial charge < -0.3 is 15.0 Å². The van der Waals surface area contributed by atoms with Crippen LogP contribution in [0.15, 0.2) is 0 Å². The molecule has 1 amide bonds. The van der Waals surface area contributed by atoms with E-state index in [0.29, 0.717) is 0 Å². The lowest BCUT2D eigenvalue weighted by molar-refractivity contribution is 0.0141. The van der Waals surface area contributed by atoms with Crippen molar-refractivity contribution in [1.29, 1.82) is 0 Å². The topological polar surface area (TPSA) is 41.6 Å². The predicted molar refractivity (Wildman–Crippen MR) is 34.7 cm³/mol. The Morgan fingerprint density at radius 1 is 1.70 bits per heavy atom. The fourth-order valence-corrected chi connectivity index (χ4v) is 1.38. The maximum absolute atomic E-state index is 10.9. The first-order valence-electron chi connectivity index (χ1n) is 3.37. The molecule has 4 nitrogen and oxygen atoms in total. The van der Waals surface area contributed by atoms with Crippen molar-refractivity contribution in [2.24, 2.45) is 0 Å². The minimum Gasteiger partial charge on any atom is -0.438 e. The standard InChI is InChI=1S/C6H10N2O2/c1-8-4-6(2-7-3-6)10-5(8)9/h7H,2-4H2,1H3. The number of amides is 1. The minimum atomic E-state index is -0.193. The second-order valence-corrected chi connectivity index (χ2v) is 3.01. The van der Waals surface area contributed by atoms with Gasteiger partial charge in [0.15, 0.2) is 5.60 Å². The van der Waals surface area contributed by atoms with Gasteiger partial charge in [-0.05, 0) is 0 Å². The number of carbonyl (C=O) groups excluding carboxylic acids is 1. The lowest BCUT2D eigenvalue weighted by atomic mass is 9.98. The Labute approximate surface area is 59.1 Å². The van der Waals surface area contributed by atoms with Crippen LogP contribution in [-0.4, -0.2) is 43.3 Å². The average molecular weight is 142 g/mol. The van der Waals surface area contributed by atoms with Crippen LogP contribution in [0.3, 0.4) is 0 Å². The molecule has 0 unspecified atom stereocenters. The second-order valence-electron chi connectivity index (χ2n) is 3.01. The molecule has 4 heteroatoms. The van der Waals surface area contributed by atoms with Crippen molar-refractivity contribution in [1.82, 2.24) is 10.2 Å². The zero-order valence-electron chi connectivity index (χ0n) is 5.89. The highest BCUT2D eigenvalue weighted by Gasteiger charge is 2.48. The second kappa shape index (κ2) is 1.63. The van der Waals surface area contributed by atoms with E-state index >= 15 is 0 Å². The molecule has 0 atom stereocenters. The molecule has 0 radical (unpaired) electrons. The normalized spacial score (nSPS) is 28.5. The number of hydrogen-bond acceptors (Lipinski definition) is 3. The number of hydrogen-bond donors (Lipinski definition) is 1. The van der Waals surface area contributed by atoms with Crippen molar-refractivity contribution >= 4 is 6.09 Å². The maximum atomic E-state index is 10.9.